The first-order valence-electron chi connectivity index (χ1n) is 8.36. The molecule has 0 spiro atoms. The van der Waals surface area contributed by atoms with E-state index in [1.54, 1.807) is 18.3 Å². The number of nitrogens with one attached hydrogen (secondary N) is 1. The van der Waals surface area contributed by atoms with Crippen LogP contribution in [0.5, 0.6) is 11.6 Å². The summed E-state index contributed by atoms with van der Waals surface area (Å²) in [4.78, 5) is 20.4. The number of amides is 1. The molecule has 1 fully saturated rings. The summed E-state index contributed by atoms with van der Waals surface area (Å²) in [5.41, 5.74) is 0.248. The molecule has 0 radical (unpaired) electrons. The molecule has 132 valence electrons. The molecule has 1 aliphatic rings. The quantitative estimate of drug-likeness (QED) is 0.795. The summed E-state index contributed by atoms with van der Waals surface area (Å²) >= 11 is 6.14. The van der Waals surface area contributed by atoms with Gasteiger partial charge in [-0.25, -0.2) is 4.98 Å². The summed E-state index contributed by atoms with van der Waals surface area (Å²) in [6, 6.07) is 4.75. The number of aromatic nitrogens is 2. The molecule has 0 aliphatic heterocycles. The number of rotatable bonds is 5. The highest BCUT2D eigenvalue weighted by Gasteiger charge is 2.24. The first kappa shape index (κ1) is 17.6. The second kappa shape index (κ2) is 8.27. The maximum Gasteiger partial charge on any atom is 0.254 e. The van der Waals surface area contributed by atoms with Gasteiger partial charge >= 0.3 is 0 Å². The minimum absolute atomic E-state index is 0.0931. The third kappa shape index (κ3) is 4.67. The number of hydrogen-bond donors (Lipinski definition) is 2. The highest BCUT2D eigenvalue weighted by atomic mass is 35.5. The van der Waals surface area contributed by atoms with Crippen molar-refractivity contribution in [1.29, 1.82) is 0 Å². The van der Waals surface area contributed by atoms with Crippen LogP contribution in [0, 0.1) is 5.92 Å². The number of aliphatic hydroxyl groups excluding tert-OH is 1. The highest BCUT2D eigenvalue weighted by molar-refractivity contribution is 6.33. The topological polar surface area (TPSA) is 84.3 Å². The third-order valence-corrected chi connectivity index (χ3v) is 4.65. The van der Waals surface area contributed by atoms with Gasteiger partial charge in [0.2, 0.25) is 5.88 Å². The Hall–Kier alpha value is -2.18. The monoisotopic (exact) mass is 361 g/mol. The van der Waals surface area contributed by atoms with Gasteiger partial charge in [-0.15, -0.1) is 0 Å². The molecule has 1 atom stereocenters. The fourth-order valence-corrected chi connectivity index (χ4v) is 3.18. The normalized spacial score (nSPS) is 16.2. The molecule has 25 heavy (non-hydrogen) atoms. The fourth-order valence-electron chi connectivity index (χ4n) is 2.98. The van der Waals surface area contributed by atoms with Crippen LogP contribution in [0.2, 0.25) is 5.02 Å². The Bertz CT molecular complexity index is 721. The minimum Gasteiger partial charge on any atom is -0.437 e. The SMILES string of the molecule is O=C(NC(O)C1CCCCC1)c1cc(Oc2cnccn2)ccc1Cl. The Kier molecular flexibility index (Phi) is 5.83. The lowest BCUT2D eigenvalue weighted by Crippen LogP contribution is -2.41. The van der Waals surface area contributed by atoms with Gasteiger partial charge in [-0.05, 0) is 31.0 Å². The van der Waals surface area contributed by atoms with E-state index < -0.39 is 12.1 Å². The van der Waals surface area contributed by atoms with E-state index in [1.165, 1.54) is 24.9 Å². The molecule has 1 heterocycles. The van der Waals surface area contributed by atoms with Crippen molar-refractivity contribution < 1.29 is 14.6 Å². The highest BCUT2D eigenvalue weighted by Crippen LogP contribution is 2.27. The molecule has 1 unspecified atom stereocenters. The Morgan fingerprint density at radius 2 is 2.08 bits per heavy atom. The van der Waals surface area contributed by atoms with Gasteiger partial charge < -0.3 is 15.2 Å². The number of carbonyl (C=O) groups is 1. The first-order valence-corrected chi connectivity index (χ1v) is 8.73. The predicted molar refractivity (Wildman–Crippen MR) is 93.6 cm³/mol. The molecule has 1 aromatic heterocycles. The Balaban J connectivity index is 1.69. The number of aliphatic hydroxyl groups is 1. The van der Waals surface area contributed by atoms with Crippen molar-refractivity contribution in [3.05, 3.63) is 47.4 Å². The molecule has 3 rings (SSSR count). The van der Waals surface area contributed by atoms with Crippen molar-refractivity contribution in [2.24, 2.45) is 5.92 Å². The lowest BCUT2D eigenvalue weighted by Gasteiger charge is -2.27. The number of hydrogen-bond acceptors (Lipinski definition) is 5. The summed E-state index contributed by atoms with van der Waals surface area (Å²) in [7, 11) is 0. The summed E-state index contributed by atoms with van der Waals surface area (Å²) in [5.74, 6) is 0.406. The standard InChI is InChI=1S/C18H20ClN3O3/c19-15-7-6-13(25-16-11-20-8-9-21-16)10-14(15)18(24)22-17(23)12-4-2-1-3-5-12/h6-12,17,23H,1-5H2,(H,22,24). The van der Waals surface area contributed by atoms with Crippen molar-refractivity contribution in [2.75, 3.05) is 0 Å². The first-order chi connectivity index (χ1) is 12.1. The van der Waals surface area contributed by atoms with Gasteiger partial charge in [-0.2, -0.15) is 0 Å². The van der Waals surface area contributed by atoms with Crippen LogP contribution in [0.25, 0.3) is 0 Å². The molecule has 1 saturated carbocycles. The van der Waals surface area contributed by atoms with Gasteiger partial charge in [0.1, 0.15) is 12.0 Å². The maximum absolute atomic E-state index is 12.5. The second-order valence-electron chi connectivity index (χ2n) is 6.10. The van der Waals surface area contributed by atoms with Crippen molar-refractivity contribution in [1.82, 2.24) is 15.3 Å². The van der Waals surface area contributed by atoms with Crippen LogP contribution >= 0.6 is 11.6 Å². The average molecular weight is 362 g/mol. The van der Waals surface area contributed by atoms with Gasteiger partial charge in [0, 0.05) is 18.3 Å². The van der Waals surface area contributed by atoms with E-state index in [2.05, 4.69) is 15.3 Å². The zero-order valence-electron chi connectivity index (χ0n) is 13.7. The Morgan fingerprint density at radius 3 is 2.80 bits per heavy atom. The molecule has 1 aromatic carbocycles. The summed E-state index contributed by atoms with van der Waals surface area (Å²) < 4.78 is 5.57. The number of nitrogens with zero attached hydrogens (tertiary/aromatic N) is 2. The van der Waals surface area contributed by atoms with Gasteiger partial charge in [0.15, 0.2) is 0 Å². The molecule has 2 aromatic rings. The molecular formula is C18H20ClN3O3. The lowest BCUT2D eigenvalue weighted by molar-refractivity contribution is 0.0463. The van der Waals surface area contributed by atoms with E-state index in [-0.39, 0.29) is 11.5 Å². The van der Waals surface area contributed by atoms with Crippen LogP contribution in [0.15, 0.2) is 36.8 Å². The molecular weight excluding hydrogens is 342 g/mol. The zero-order valence-corrected chi connectivity index (χ0v) is 14.4. The van der Waals surface area contributed by atoms with E-state index in [1.807, 2.05) is 0 Å². The number of benzene rings is 1. The van der Waals surface area contributed by atoms with Crippen LogP contribution in [-0.2, 0) is 0 Å². The van der Waals surface area contributed by atoms with Crippen molar-refractivity contribution in [3.63, 3.8) is 0 Å². The average Bonchev–Trinajstić information content (AvgIpc) is 2.65. The second-order valence-corrected chi connectivity index (χ2v) is 6.51. The van der Waals surface area contributed by atoms with E-state index in [0.29, 0.717) is 16.7 Å². The third-order valence-electron chi connectivity index (χ3n) is 4.32. The number of carbonyl (C=O) groups excluding carboxylic acids is 1. The van der Waals surface area contributed by atoms with Gasteiger partial charge in [0.25, 0.3) is 5.91 Å². The van der Waals surface area contributed by atoms with Gasteiger partial charge in [-0.1, -0.05) is 30.9 Å². The fraction of sp³-hybridized carbons (Fsp3) is 0.389. The molecule has 2 N–H and O–H groups in total. The molecule has 7 heteroatoms. The smallest absolute Gasteiger partial charge is 0.254 e. The minimum atomic E-state index is -0.867. The van der Waals surface area contributed by atoms with Crippen molar-refractivity contribution >= 4 is 17.5 Å². The van der Waals surface area contributed by atoms with Crippen LogP contribution < -0.4 is 10.1 Å². The predicted octanol–water partition coefficient (Wildman–Crippen LogP) is 3.55. The molecule has 1 aliphatic carbocycles. The van der Waals surface area contributed by atoms with Crippen LogP contribution in [0.1, 0.15) is 42.5 Å². The van der Waals surface area contributed by atoms with Crippen molar-refractivity contribution in [3.8, 4) is 11.6 Å². The summed E-state index contributed by atoms with van der Waals surface area (Å²) in [5, 5.41) is 13.2. The summed E-state index contributed by atoms with van der Waals surface area (Å²) in [6.45, 7) is 0. The van der Waals surface area contributed by atoms with Gasteiger partial charge in [0.05, 0.1) is 16.8 Å². The largest absolute Gasteiger partial charge is 0.437 e. The number of ether oxygens (including phenoxy) is 1. The van der Waals surface area contributed by atoms with E-state index >= 15 is 0 Å². The summed E-state index contributed by atoms with van der Waals surface area (Å²) in [6.07, 6.45) is 8.86. The van der Waals surface area contributed by atoms with Crippen molar-refractivity contribution in [2.45, 2.75) is 38.3 Å². The van der Waals surface area contributed by atoms with E-state index in [9.17, 15) is 9.90 Å². The van der Waals surface area contributed by atoms with Gasteiger partial charge in [-0.3, -0.25) is 9.78 Å². The molecule has 0 bridgehead atoms. The number of halogens is 1. The molecule has 0 saturated heterocycles. The van der Waals surface area contributed by atoms with Crippen LogP contribution in [0.4, 0.5) is 0 Å². The Morgan fingerprint density at radius 1 is 1.28 bits per heavy atom. The van der Waals surface area contributed by atoms with E-state index in [4.69, 9.17) is 16.3 Å². The molecule has 6 nitrogen and oxygen atoms in total. The van der Waals surface area contributed by atoms with Crippen LogP contribution in [0.3, 0.4) is 0 Å². The Labute approximate surface area is 151 Å². The maximum atomic E-state index is 12.5. The van der Waals surface area contributed by atoms with E-state index in [0.717, 1.165) is 25.7 Å². The lowest BCUT2D eigenvalue weighted by atomic mass is 9.88. The zero-order chi connectivity index (χ0) is 17.6. The van der Waals surface area contributed by atoms with Crippen LogP contribution in [-0.4, -0.2) is 27.2 Å². The molecule has 1 amide bonds.